The lowest BCUT2D eigenvalue weighted by molar-refractivity contribution is -0.120. The van der Waals surface area contributed by atoms with Crippen molar-refractivity contribution in [2.45, 2.75) is 38.1 Å². The Bertz CT molecular complexity index is 641. The molecule has 0 unspecified atom stereocenters. The van der Waals surface area contributed by atoms with Gasteiger partial charge in [-0.1, -0.05) is 0 Å². The maximum atomic E-state index is 11.8. The summed E-state index contributed by atoms with van der Waals surface area (Å²) in [4.78, 5) is 16.3. The molecule has 1 aliphatic rings. The first-order valence-electron chi connectivity index (χ1n) is 6.44. The summed E-state index contributed by atoms with van der Waals surface area (Å²) in [5.74, 6) is 1.06. The number of fused-ring (bicyclic) bond motifs is 1. The van der Waals surface area contributed by atoms with E-state index in [-0.39, 0.29) is 18.3 Å². The number of hydrogen-bond donors (Lipinski definition) is 2. The van der Waals surface area contributed by atoms with Gasteiger partial charge in [0.2, 0.25) is 5.91 Å². The zero-order valence-corrected chi connectivity index (χ0v) is 12.3. The van der Waals surface area contributed by atoms with Gasteiger partial charge in [0.25, 0.3) is 0 Å². The first kappa shape index (κ1) is 14.8. The quantitative estimate of drug-likeness (QED) is 0.912. The predicted octanol–water partition coefficient (Wildman–Crippen LogP) is 2.80. The molecule has 0 atom stereocenters. The molecular weight excluding hydrogens is 278 g/mol. The molecule has 1 aliphatic carbocycles. The van der Waals surface area contributed by atoms with Gasteiger partial charge in [0.05, 0.1) is 5.54 Å². The standard InChI is InChI=1S/C14H17N3O2.ClH/c1-14(2,15)13(18)16-9-5-6-10-11(7-9)19-12(17-10)8-3-4-8;/h5-8H,3-4,15H2,1-2H3,(H,16,18);1H. The van der Waals surface area contributed by atoms with Crippen molar-refractivity contribution >= 4 is 35.1 Å². The molecule has 0 spiro atoms. The number of anilines is 1. The molecule has 3 N–H and O–H groups in total. The van der Waals surface area contributed by atoms with E-state index in [1.54, 1.807) is 19.9 Å². The normalized spacial score (nSPS) is 14.9. The molecule has 3 rings (SSSR count). The Balaban J connectivity index is 0.00000147. The van der Waals surface area contributed by atoms with Crippen molar-refractivity contribution in [2.24, 2.45) is 5.73 Å². The van der Waals surface area contributed by atoms with Gasteiger partial charge in [0, 0.05) is 17.7 Å². The Morgan fingerprint density at radius 1 is 1.45 bits per heavy atom. The van der Waals surface area contributed by atoms with Crippen molar-refractivity contribution in [1.29, 1.82) is 0 Å². The summed E-state index contributed by atoms with van der Waals surface area (Å²) < 4.78 is 5.71. The van der Waals surface area contributed by atoms with E-state index < -0.39 is 5.54 Å². The first-order valence-corrected chi connectivity index (χ1v) is 6.44. The lowest BCUT2D eigenvalue weighted by Gasteiger charge is -2.17. The third kappa shape index (κ3) is 2.94. The van der Waals surface area contributed by atoms with Crippen LogP contribution < -0.4 is 11.1 Å². The second kappa shape index (κ2) is 5.07. The number of amides is 1. The second-order valence-corrected chi connectivity index (χ2v) is 5.68. The Kier molecular flexibility index (Phi) is 3.75. The van der Waals surface area contributed by atoms with Gasteiger partial charge in [0.1, 0.15) is 5.52 Å². The van der Waals surface area contributed by atoms with Crippen LogP contribution in [0.2, 0.25) is 0 Å². The van der Waals surface area contributed by atoms with Crippen molar-refractivity contribution in [3.8, 4) is 0 Å². The first-order chi connectivity index (χ1) is 8.93. The highest BCUT2D eigenvalue weighted by Gasteiger charge is 2.29. The van der Waals surface area contributed by atoms with E-state index in [0.29, 0.717) is 17.2 Å². The molecule has 1 fully saturated rings. The Labute approximate surface area is 123 Å². The van der Waals surface area contributed by atoms with Crippen LogP contribution >= 0.6 is 12.4 Å². The largest absolute Gasteiger partial charge is 0.440 e. The minimum absolute atomic E-state index is 0. The minimum atomic E-state index is -0.907. The van der Waals surface area contributed by atoms with Crippen molar-refractivity contribution in [1.82, 2.24) is 4.98 Å². The number of nitrogens with two attached hydrogens (primary N) is 1. The Hall–Kier alpha value is -1.59. The fraction of sp³-hybridized carbons (Fsp3) is 0.429. The minimum Gasteiger partial charge on any atom is -0.440 e. The number of nitrogens with zero attached hydrogens (tertiary/aromatic N) is 1. The van der Waals surface area contributed by atoms with Gasteiger partial charge in [-0.25, -0.2) is 4.98 Å². The van der Waals surface area contributed by atoms with Gasteiger partial charge in [-0.05, 0) is 38.8 Å². The van der Waals surface area contributed by atoms with Gasteiger partial charge in [-0.15, -0.1) is 12.4 Å². The summed E-state index contributed by atoms with van der Waals surface area (Å²) in [5.41, 5.74) is 7.04. The molecule has 1 heterocycles. The van der Waals surface area contributed by atoms with Crippen LogP contribution in [0.25, 0.3) is 11.1 Å². The summed E-state index contributed by atoms with van der Waals surface area (Å²) in [5, 5.41) is 2.78. The smallest absolute Gasteiger partial charge is 0.243 e. The highest BCUT2D eigenvalue weighted by atomic mass is 35.5. The van der Waals surface area contributed by atoms with Gasteiger partial charge in [0.15, 0.2) is 11.5 Å². The van der Waals surface area contributed by atoms with E-state index in [1.807, 2.05) is 12.1 Å². The third-order valence-electron chi connectivity index (χ3n) is 3.17. The fourth-order valence-electron chi connectivity index (χ4n) is 1.82. The average molecular weight is 296 g/mol. The van der Waals surface area contributed by atoms with Crippen LogP contribution in [0.3, 0.4) is 0 Å². The zero-order chi connectivity index (χ0) is 13.6. The average Bonchev–Trinajstić information content (AvgIpc) is 3.08. The molecule has 0 aliphatic heterocycles. The highest BCUT2D eigenvalue weighted by molar-refractivity contribution is 5.98. The Morgan fingerprint density at radius 3 is 2.75 bits per heavy atom. The number of aromatic nitrogens is 1. The van der Waals surface area contributed by atoms with Crippen LogP contribution in [0.15, 0.2) is 22.6 Å². The molecule has 6 heteroatoms. The lowest BCUT2D eigenvalue weighted by atomic mass is 10.1. The lowest BCUT2D eigenvalue weighted by Crippen LogP contribution is -2.45. The van der Waals surface area contributed by atoms with E-state index in [4.69, 9.17) is 10.2 Å². The number of halogens is 1. The summed E-state index contributed by atoms with van der Waals surface area (Å²) in [7, 11) is 0. The van der Waals surface area contributed by atoms with E-state index in [0.717, 1.165) is 24.2 Å². The molecule has 5 nitrogen and oxygen atoms in total. The van der Waals surface area contributed by atoms with Crippen molar-refractivity contribution in [3.05, 3.63) is 24.1 Å². The predicted molar refractivity (Wildman–Crippen MR) is 80.1 cm³/mol. The van der Waals surface area contributed by atoms with E-state index >= 15 is 0 Å². The van der Waals surface area contributed by atoms with E-state index in [1.165, 1.54) is 0 Å². The SMILES string of the molecule is CC(C)(N)C(=O)Nc1ccc2nc(C3CC3)oc2c1.Cl. The molecule has 1 aromatic heterocycles. The maximum Gasteiger partial charge on any atom is 0.243 e. The summed E-state index contributed by atoms with van der Waals surface area (Å²) >= 11 is 0. The van der Waals surface area contributed by atoms with Gasteiger partial charge in [-0.2, -0.15) is 0 Å². The van der Waals surface area contributed by atoms with Gasteiger partial charge < -0.3 is 15.5 Å². The molecule has 20 heavy (non-hydrogen) atoms. The van der Waals surface area contributed by atoms with E-state index in [9.17, 15) is 4.79 Å². The molecule has 0 saturated heterocycles. The summed E-state index contributed by atoms with van der Waals surface area (Å²) in [6, 6.07) is 5.45. The number of carbonyl (C=O) groups excluding carboxylic acids is 1. The maximum absolute atomic E-state index is 11.8. The third-order valence-corrected chi connectivity index (χ3v) is 3.17. The summed E-state index contributed by atoms with van der Waals surface area (Å²) in [6.07, 6.45) is 2.30. The monoisotopic (exact) mass is 295 g/mol. The van der Waals surface area contributed by atoms with Crippen molar-refractivity contribution in [2.75, 3.05) is 5.32 Å². The molecule has 2 aromatic rings. The molecule has 0 radical (unpaired) electrons. The molecule has 1 saturated carbocycles. The van der Waals surface area contributed by atoms with Gasteiger partial charge in [-0.3, -0.25) is 4.79 Å². The molecular formula is C14H18ClN3O2. The molecule has 1 amide bonds. The van der Waals surface area contributed by atoms with Crippen molar-refractivity contribution < 1.29 is 9.21 Å². The molecule has 1 aromatic carbocycles. The number of rotatable bonds is 3. The highest BCUT2D eigenvalue weighted by Crippen LogP contribution is 2.40. The molecule has 108 valence electrons. The number of nitrogens with one attached hydrogen (secondary N) is 1. The van der Waals surface area contributed by atoms with Crippen LogP contribution in [0.5, 0.6) is 0 Å². The van der Waals surface area contributed by atoms with Crippen LogP contribution in [0, 0.1) is 0 Å². The van der Waals surface area contributed by atoms with E-state index in [2.05, 4.69) is 10.3 Å². The van der Waals surface area contributed by atoms with Gasteiger partial charge >= 0.3 is 0 Å². The number of oxazole rings is 1. The van der Waals surface area contributed by atoms with Crippen LogP contribution in [-0.2, 0) is 4.79 Å². The van der Waals surface area contributed by atoms with Crippen LogP contribution in [0.1, 0.15) is 38.5 Å². The summed E-state index contributed by atoms with van der Waals surface area (Å²) in [6.45, 7) is 3.33. The molecule has 0 bridgehead atoms. The topological polar surface area (TPSA) is 81.2 Å². The Morgan fingerprint density at radius 2 is 2.15 bits per heavy atom. The fourth-order valence-corrected chi connectivity index (χ4v) is 1.82. The second-order valence-electron chi connectivity index (χ2n) is 5.68. The van der Waals surface area contributed by atoms with Crippen LogP contribution in [0.4, 0.5) is 5.69 Å². The number of hydrogen-bond acceptors (Lipinski definition) is 4. The van der Waals surface area contributed by atoms with Crippen molar-refractivity contribution in [3.63, 3.8) is 0 Å². The number of benzene rings is 1. The van der Waals surface area contributed by atoms with Crippen LogP contribution in [-0.4, -0.2) is 16.4 Å². The number of carbonyl (C=O) groups is 1. The zero-order valence-electron chi connectivity index (χ0n) is 11.5.